The Morgan fingerprint density at radius 2 is 2.04 bits per heavy atom. The number of amides is 1. The van der Waals surface area contributed by atoms with Crippen molar-refractivity contribution in [3.05, 3.63) is 51.9 Å². The van der Waals surface area contributed by atoms with E-state index >= 15 is 0 Å². The molecule has 1 fully saturated rings. The molecule has 1 atom stereocenters. The van der Waals surface area contributed by atoms with Crippen LogP contribution in [0.1, 0.15) is 42.2 Å². The molecule has 0 N–H and O–H groups in total. The number of rotatable bonds is 3. The lowest BCUT2D eigenvalue weighted by molar-refractivity contribution is 0.0623. The first-order chi connectivity index (χ1) is 12.0. The number of carbonyl (C=O) groups excluding carboxylic acids is 1. The van der Waals surface area contributed by atoms with Crippen LogP contribution in [-0.4, -0.2) is 40.3 Å². The summed E-state index contributed by atoms with van der Waals surface area (Å²) in [5.74, 6) is 0.0315. The van der Waals surface area contributed by atoms with E-state index in [0.717, 1.165) is 24.8 Å². The molecule has 1 aromatic heterocycles. The van der Waals surface area contributed by atoms with Crippen LogP contribution in [0.5, 0.6) is 5.75 Å². The number of benzene rings is 1. The van der Waals surface area contributed by atoms with E-state index in [4.69, 9.17) is 4.74 Å². The molecule has 2 aromatic rings. The topological polar surface area (TPSA) is 64.4 Å². The number of piperidine rings is 1. The lowest BCUT2D eigenvalue weighted by Gasteiger charge is -2.33. The van der Waals surface area contributed by atoms with Crippen molar-refractivity contribution in [1.29, 1.82) is 0 Å². The molecule has 0 radical (unpaired) electrons. The molecule has 0 saturated carbocycles. The van der Waals surface area contributed by atoms with Gasteiger partial charge in [0.2, 0.25) is 0 Å². The van der Waals surface area contributed by atoms with Crippen molar-refractivity contribution in [2.24, 2.45) is 0 Å². The second-order valence-electron chi connectivity index (χ2n) is 6.44. The predicted octanol–water partition coefficient (Wildman–Crippen LogP) is 2.56. The Morgan fingerprint density at radius 3 is 2.72 bits per heavy atom. The fraction of sp³-hybridized carbons (Fsp3) is 0.421. The molecule has 25 heavy (non-hydrogen) atoms. The van der Waals surface area contributed by atoms with Gasteiger partial charge in [0.25, 0.3) is 11.5 Å². The molecule has 1 aromatic carbocycles. The summed E-state index contributed by atoms with van der Waals surface area (Å²) < 4.78 is 6.55. The number of aryl methyl sites for hydroxylation is 1. The number of ether oxygens (including phenoxy) is 1. The van der Waals surface area contributed by atoms with Crippen LogP contribution < -0.4 is 10.3 Å². The van der Waals surface area contributed by atoms with Crippen LogP contribution in [-0.2, 0) is 0 Å². The average Bonchev–Trinajstić information content (AvgIpc) is 2.62. The van der Waals surface area contributed by atoms with Gasteiger partial charge in [0.15, 0.2) is 11.4 Å². The summed E-state index contributed by atoms with van der Waals surface area (Å²) in [5, 5.41) is 4.37. The third kappa shape index (κ3) is 3.29. The van der Waals surface area contributed by atoms with Gasteiger partial charge in [-0.3, -0.25) is 9.59 Å². The Hall–Kier alpha value is -2.63. The van der Waals surface area contributed by atoms with Gasteiger partial charge < -0.3 is 9.64 Å². The second kappa shape index (κ2) is 7.09. The van der Waals surface area contributed by atoms with E-state index in [1.54, 1.807) is 0 Å². The van der Waals surface area contributed by atoms with Crippen molar-refractivity contribution in [3.8, 4) is 11.4 Å². The van der Waals surface area contributed by atoms with Crippen LogP contribution in [0.3, 0.4) is 0 Å². The van der Waals surface area contributed by atoms with Gasteiger partial charge in [0.05, 0.1) is 18.9 Å². The minimum Gasteiger partial charge on any atom is -0.494 e. The molecule has 6 heteroatoms. The number of methoxy groups -OCH3 is 1. The predicted molar refractivity (Wildman–Crippen MR) is 95.5 cm³/mol. The Balaban J connectivity index is 2.10. The van der Waals surface area contributed by atoms with E-state index in [1.165, 1.54) is 17.9 Å². The molecule has 1 saturated heterocycles. The zero-order valence-corrected chi connectivity index (χ0v) is 14.9. The van der Waals surface area contributed by atoms with Gasteiger partial charge >= 0.3 is 0 Å². The van der Waals surface area contributed by atoms with Crippen molar-refractivity contribution in [1.82, 2.24) is 14.7 Å². The molecule has 1 amide bonds. The normalized spacial score (nSPS) is 17.4. The standard InChI is InChI=1S/C19H23N3O3/c1-13-8-4-5-10-15(13)22-17(23)12-16(25-3)18(20-22)19(24)21-11-7-6-9-14(21)2/h4-5,8,10,12,14H,6-7,9,11H2,1-3H3. The molecule has 1 aliphatic rings. The first kappa shape index (κ1) is 17.2. The van der Waals surface area contributed by atoms with E-state index in [9.17, 15) is 9.59 Å². The summed E-state index contributed by atoms with van der Waals surface area (Å²) in [6.45, 7) is 4.65. The summed E-state index contributed by atoms with van der Waals surface area (Å²) in [6, 6.07) is 8.95. The third-order valence-corrected chi connectivity index (χ3v) is 4.73. The van der Waals surface area contributed by atoms with Crippen LogP contribution in [0.2, 0.25) is 0 Å². The Morgan fingerprint density at radius 1 is 1.28 bits per heavy atom. The molecule has 0 aliphatic carbocycles. The van der Waals surface area contributed by atoms with Gasteiger partial charge in [-0.2, -0.15) is 9.78 Å². The minimum absolute atomic E-state index is 0.159. The van der Waals surface area contributed by atoms with Gasteiger partial charge in [0, 0.05) is 12.6 Å². The number of likely N-dealkylation sites (tertiary alicyclic amines) is 1. The molecule has 0 bridgehead atoms. The molecule has 6 nitrogen and oxygen atoms in total. The molecule has 1 aliphatic heterocycles. The summed E-state index contributed by atoms with van der Waals surface area (Å²) >= 11 is 0. The quantitative estimate of drug-likeness (QED) is 0.861. The number of carbonyl (C=O) groups is 1. The van der Waals surface area contributed by atoms with Gasteiger partial charge in [-0.15, -0.1) is 0 Å². The van der Waals surface area contributed by atoms with Crippen molar-refractivity contribution >= 4 is 5.91 Å². The number of nitrogens with zero attached hydrogens (tertiary/aromatic N) is 3. The molecule has 0 spiro atoms. The van der Waals surface area contributed by atoms with E-state index in [1.807, 2.05) is 43.0 Å². The fourth-order valence-corrected chi connectivity index (χ4v) is 3.25. The maximum absolute atomic E-state index is 13.0. The summed E-state index contributed by atoms with van der Waals surface area (Å²) in [6.07, 6.45) is 3.08. The van der Waals surface area contributed by atoms with Gasteiger partial charge in [-0.05, 0) is 44.7 Å². The van der Waals surface area contributed by atoms with Crippen LogP contribution >= 0.6 is 0 Å². The smallest absolute Gasteiger partial charge is 0.278 e. The fourth-order valence-electron chi connectivity index (χ4n) is 3.25. The van der Waals surface area contributed by atoms with Gasteiger partial charge in [-0.1, -0.05) is 18.2 Å². The highest BCUT2D eigenvalue weighted by atomic mass is 16.5. The Kier molecular flexibility index (Phi) is 4.88. The second-order valence-corrected chi connectivity index (χ2v) is 6.44. The Labute approximate surface area is 147 Å². The number of aromatic nitrogens is 2. The highest BCUT2D eigenvalue weighted by molar-refractivity contribution is 5.95. The molecular weight excluding hydrogens is 318 g/mol. The van der Waals surface area contributed by atoms with E-state index < -0.39 is 0 Å². The monoisotopic (exact) mass is 341 g/mol. The summed E-state index contributed by atoms with van der Waals surface area (Å²) in [7, 11) is 1.45. The van der Waals surface area contributed by atoms with Gasteiger partial charge in [0.1, 0.15) is 0 Å². The van der Waals surface area contributed by atoms with E-state index in [-0.39, 0.29) is 29.0 Å². The molecule has 2 heterocycles. The lowest BCUT2D eigenvalue weighted by Crippen LogP contribution is -2.43. The minimum atomic E-state index is -0.325. The maximum Gasteiger partial charge on any atom is 0.278 e. The van der Waals surface area contributed by atoms with Crippen LogP contribution in [0.4, 0.5) is 0 Å². The highest BCUT2D eigenvalue weighted by Crippen LogP contribution is 2.23. The SMILES string of the molecule is COc1cc(=O)n(-c2ccccc2C)nc1C(=O)N1CCCCC1C. The molecule has 1 unspecified atom stereocenters. The number of hydrogen-bond acceptors (Lipinski definition) is 4. The number of hydrogen-bond donors (Lipinski definition) is 0. The zero-order valence-electron chi connectivity index (χ0n) is 14.9. The zero-order chi connectivity index (χ0) is 18.0. The summed E-state index contributed by atoms with van der Waals surface area (Å²) in [4.78, 5) is 27.3. The highest BCUT2D eigenvalue weighted by Gasteiger charge is 2.28. The number of para-hydroxylation sites is 1. The van der Waals surface area contributed by atoms with Crippen LogP contribution in [0, 0.1) is 6.92 Å². The largest absolute Gasteiger partial charge is 0.494 e. The summed E-state index contributed by atoms with van der Waals surface area (Å²) in [5.41, 5.74) is 1.43. The van der Waals surface area contributed by atoms with E-state index in [0.29, 0.717) is 12.2 Å². The third-order valence-electron chi connectivity index (χ3n) is 4.73. The van der Waals surface area contributed by atoms with Crippen molar-refractivity contribution in [2.45, 2.75) is 39.2 Å². The lowest BCUT2D eigenvalue weighted by atomic mass is 10.0. The van der Waals surface area contributed by atoms with Crippen LogP contribution in [0.25, 0.3) is 5.69 Å². The first-order valence-electron chi connectivity index (χ1n) is 8.58. The van der Waals surface area contributed by atoms with Crippen molar-refractivity contribution < 1.29 is 9.53 Å². The molecule has 3 rings (SSSR count). The van der Waals surface area contributed by atoms with Gasteiger partial charge in [-0.25, -0.2) is 0 Å². The van der Waals surface area contributed by atoms with Crippen LogP contribution in [0.15, 0.2) is 35.1 Å². The van der Waals surface area contributed by atoms with Crippen molar-refractivity contribution in [2.75, 3.05) is 13.7 Å². The average molecular weight is 341 g/mol. The van der Waals surface area contributed by atoms with Crippen molar-refractivity contribution in [3.63, 3.8) is 0 Å². The molecular formula is C19H23N3O3. The maximum atomic E-state index is 13.0. The Bertz CT molecular complexity index is 844. The molecule has 132 valence electrons. The first-order valence-corrected chi connectivity index (χ1v) is 8.58. The van der Waals surface area contributed by atoms with E-state index in [2.05, 4.69) is 5.10 Å².